The zero-order valence-electron chi connectivity index (χ0n) is 15.8. The molecule has 3 aromatic carbocycles. The Labute approximate surface area is 159 Å². The van der Waals surface area contributed by atoms with E-state index in [1.54, 1.807) is 18.2 Å². The average molecular weight is 362 g/mol. The molecule has 27 heavy (non-hydrogen) atoms. The van der Waals surface area contributed by atoms with Gasteiger partial charge in [0.1, 0.15) is 12.4 Å². The normalized spacial score (nSPS) is 10.5. The molecule has 0 aliphatic carbocycles. The molecule has 0 heterocycles. The number of aromatic hydroxyl groups is 1. The minimum absolute atomic E-state index is 0.246. The number of rotatable bonds is 5. The van der Waals surface area contributed by atoms with Gasteiger partial charge >= 0.3 is 0 Å². The molecule has 0 bridgehead atoms. The maximum absolute atomic E-state index is 14.4. The summed E-state index contributed by atoms with van der Waals surface area (Å²) in [4.78, 5) is 0. The minimum atomic E-state index is -0.366. The van der Waals surface area contributed by atoms with Crippen LogP contribution >= 0.6 is 0 Å². The van der Waals surface area contributed by atoms with E-state index >= 15 is 0 Å². The summed E-state index contributed by atoms with van der Waals surface area (Å²) in [5.74, 6) is 0.138. The van der Waals surface area contributed by atoms with E-state index in [1.807, 2.05) is 63.2 Å². The summed E-state index contributed by atoms with van der Waals surface area (Å²) in [5, 5.41) is 9.45. The van der Waals surface area contributed by atoms with Crippen LogP contribution in [0.4, 0.5) is 4.39 Å². The molecule has 0 aliphatic heterocycles. The molecule has 0 fully saturated rings. The van der Waals surface area contributed by atoms with E-state index in [2.05, 4.69) is 0 Å². The first-order chi connectivity index (χ1) is 12.9. The van der Waals surface area contributed by atoms with Crippen molar-refractivity contribution in [2.24, 2.45) is 0 Å². The number of phenols is 1. The van der Waals surface area contributed by atoms with Gasteiger partial charge in [0.15, 0.2) is 11.6 Å². The van der Waals surface area contributed by atoms with Gasteiger partial charge in [-0.15, -0.1) is 0 Å². The topological polar surface area (TPSA) is 29.5 Å². The van der Waals surface area contributed by atoms with Crippen LogP contribution in [0.15, 0.2) is 72.3 Å². The molecule has 0 atom stereocenters. The molecule has 0 amide bonds. The number of ether oxygens (including phenoxy) is 1. The first-order valence-corrected chi connectivity index (χ1v) is 8.90. The molecular formula is C24H23FO2. The van der Waals surface area contributed by atoms with Crippen LogP contribution in [-0.4, -0.2) is 11.7 Å². The van der Waals surface area contributed by atoms with Gasteiger partial charge in [0, 0.05) is 0 Å². The number of allylic oxidation sites excluding steroid dienone is 1. The Morgan fingerprint density at radius 1 is 0.926 bits per heavy atom. The minimum Gasteiger partial charge on any atom is -0.508 e. The van der Waals surface area contributed by atoms with E-state index in [4.69, 9.17) is 4.74 Å². The van der Waals surface area contributed by atoms with Gasteiger partial charge in [-0.3, -0.25) is 0 Å². The highest BCUT2D eigenvalue weighted by Crippen LogP contribution is 2.31. The Balaban J connectivity index is 1.84. The Bertz CT molecular complexity index is 968. The van der Waals surface area contributed by atoms with Crippen molar-refractivity contribution in [1.29, 1.82) is 0 Å². The highest BCUT2D eigenvalue weighted by atomic mass is 19.1. The van der Waals surface area contributed by atoms with Crippen LogP contribution in [0.5, 0.6) is 11.5 Å². The van der Waals surface area contributed by atoms with Gasteiger partial charge in [0.2, 0.25) is 0 Å². The highest BCUT2D eigenvalue weighted by Gasteiger charge is 2.08. The maximum Gasteiger partial charge on any atom is 0.165 e. The van der Waals surface area contributed by atoms with Crippen molar-refractivity contribution in [1.82, 2.24) is 0 Å². The molecule has 0 spiro atoms. The smallest absolute Gasteiger partial charge is 0.165 e. The molecule has 0 saturated heterocycles. The number of aryl methyl sites for hydroxylation is 1. The number of halogens is 1. The molecule has 3 rings (SSSR count). The maximum atomic E-state index is 14.4. The van der Waals surface area contributed by atoms with Gasteiger partial charge in [-0.1, -0.05) is 42.0 Å². The largest absolute Gasteiger partial charge is 0.508 e. The van der Waals surface area contributed by atoms with Crippen LogP contribution < -0.4 is 4.74 Å². The summed E-state index contributed by atoms with van der Waals surface area (Å²) in [5.41, 5.74) is 6.10. The second kappa shape index (κ2) is 8.09. The van der Waals surface area contributed by atoms with E-state index in [0.29, 0.717) is 6.61 Å². The van der Waals surface area contributed by atoms with Gasteiger partial charge < -0.3 is 9.84 Å². The van der Waals surface area contributed by atoms with Gasteiger partial charge in [-0.2, -0.15) is 0 Å². The Morgan fingerprint density at radius 2 is 1.56 bits per heavy atom. The van der Waals surface area contributed by atoms with Crippen molar-refractivity contribution in [2.75, 3.05) is 6.61 Å². The summed E-state index contributed by atoms with van der Waals surface area (Å²) < 4.78 is 19.9. The molecule has 3 heteroatoms. The number of hydrogen-bond acceptors (Lipinski definition) is 2. The van der Waals surface area contributed by atoms with Crippen LogP contribution in [0.2, 0.25) is 0 Å². The van der Waals surface area contributed by atoms with E-state index < -0.39 is 0 Å². The second-order valence-electron chi connectivity index (χ2n) is 6.81. The number of phenolic OH excluding ortho intramolecular Hbond substituents is 1. The van der Waals surface area contributed by atoms with Crippen molar-refractivity contribution in [2.45, 2.75) is 20.8 Å². The zero-order chi connectivity index (χ0) is 19.4. The van der Waals surface area contributed by atoms with Crippen LogP contribution in [0.25, 0.3) is 22.3 Å². The molecule has 0 aliphatic rings. The van der Waals surface area contributed by atoms with E-state index in [1.165, 1.54) is 6.07 Å². The Morgan fingerprint density at radius 3 is 2.19 bits per heavy atom. The van der Waals surface area contributed by atoms with E-state index in [0.717, 1.165) is 33.4 Å². The molecular weight excluding hydrogens is 339 g/mol. The summed E-state index contributed by atoms with van der Waals surface area (Å²) in [6.45, 7) is 6.35. The van der Waals surface area contributed by atoms with Crippen molar-refractivity contribution < 1.29 is 14.2 Å². The SMILES string of the molecule is CC(C)=CCOc1ccc(-c2ccc(-c3ccc(O)cc3)c(C)c2)cc1F. The van der Waals surface area contributed by atoms with Crippen molar-refractivity contribution in [3.8, 4) is 33.8 Å². The molecule has 0 radical (unpaired) electrons. The van der Waals surface area contributed by atoms with Gasteiger partial charge in [-0.05, 0) is 78.9 Å². The molecule has 0 unspecified atom stereocenters. The predicted octanol–water partition coefficient (Wildman–Crippen LogP) is 6.52. The van der Waals surface area contributed by atoms with Crippen LogP contribution in [-0.2, 0) is 0 Å². The first kappa shape index (κ1) is 18.7. The van der Waals surface area contributed by atoms with Gasteiger partial charge in [-0.25, -0.2) is 4.39 Å². The predicted molar refractivity (Wildman–Crippen MR) is 109 cm³/mol. The lowest BCUT2D eigenvalue weighted by atomic mass is 9.95. The van der Waals surface area contributed by atoms with Gasteiger partial charge in [0.25, 0.3) is 0 Å². The van der Waals surface area contributed by atoms with Crippen LogP contribution in [0.1, 0.15) is 19.4 Å². The Hall–Kier alpha value is -3.07. The second-order valence-corrected chi connectivity index (χ2v) is 6.81. The van der Waals surface area contributed by atoms with Crippen molar-refractivity contribution in [3.63, 3.8) is 0 Å². The lowest BCUT2D eigenvalue weighted by molar-refractivity contribution is 0.341. The molecule has 0 aromatic heterocycles. The summed E-state index contributed by atoms with van der Waals surface area (Å²) >= 11 is 0. The standard InChI is InChI=1S/C24H23FO2/c1-16(2)12-13-27-24-11-7-20(15-23(24)25)19-6-10-22(17(3)14-19)18-4-8-21(26)9-5-18/h4-12,14-15,26H,13H2,1-3H3. The van der Waals surface area contributed by atoms with E-state index in [-0.39, 0.29) is 17.3 Å². The monoisotopic (exact) mass is 362 g/mol. The lowest BCUT2D eigenvalue weighted by Crippen LogP contribution is -1.97. The average Bonchev–Trinajstić information content (AvgIpc) is 2.63. The lowest BCUT2D eigenvalue weighted by Gasteiger charge is -2.11. The highest BCUT2D eigenvalue weighted by molar-refractivity contribution is 5.74. The fraction of sp³-hybridized carbons (Fsp3) is 0.167. The Kier molecular flexibility index (Phi) is 5.60. The molecule has 3 aromatic rings. The fourth-order valence-electron chi connectivity index (χ4n) is 2.90. The molecule has 138 valence electrons. The summed E-state index contributed by atoms with van der Waals surface area (Å²) in [6.07, 6.45) is 1.92. The third-order valence-corrected chi connectivity index (χ3v) is 4.40. The molecule has 0 saturated carbocycles. The van der Waals surface area contributed by atoms with Crippen molar-refractivity contribution in [3.05, 3.63) is 83.7 Å². The third kappa shape index (κ3) is 4.56. The third-order valence-electron chi connectivity index (χ3n) is 4.40. The number of hydrogen-bond donors (Lipinski definition) is 1. The van der Waals surface area contributed by atoms with Crippen LogP contribution in [0, 0.1) is 12.7 Å². The van der Waals surface area contributed by atoms with E-state index in [9.17, 15) is 9.50 Å². The molecule has 1 N–H and O–H groups in total. The van der Waals surface area contributed by atoms with Crippen molar-refractivity contribution >= 4 is 0 Å². The summed E-state index contributed by atoms with van der Waals surface area (Å²) in [7, 11) is 0. The quantitative estimate of drug-likeness (QED) is 0.524. The number of benzene rings is 3. The first-order valence-electron chi connectivity index (χ1n) is 8.90. The van der Waals surface area contributed by atoms with Gasteiger partial charge in [0.05, 0.1) is 0 Å². The molecule has 2 nitrogen and oxygen atoms in total. The summed E-state index contributed by atoms with van der Waals surface area (Å²) in [6, 6.07) is 18.2. The fourth-order valence-corrected chi connectivity index (χ4v) is 2.90. The zero-order valence-corrected chi connectivity index (χ0v) is 15.8. The van der Waals surface area contributed by atoms with Crippen LogP contribution in [0.3, 0.4) is 0 Å².